The first-order chi connectivity index (χ1) is 18.8. The van der Waals surface area contributed by atoms with Gasteiger partial charge in [0.1, 0.15) is 11.5 Å². The predicted octanol–water partition coefficient (Wildman–Crippen LogP) is 7.86. The summed E-state index contributed by atoms with van der Waals surface area (Å²) < 4.78 is 54.2. The lowest BCUT2D eigenvalue weighted by molar-refractivity contribution is -0.136. The van der Waals surface area contributed by atoms with Crippen molar-refractivity contribution in [1.29, 1.82) is 0 Å². The largest absolute Gasteiger partial charge is 0.456 e. The van der Waals surface area contributed by atoms with Crippen LogP contribution in [0.4, 0.5) is 30.2 Å². The molecular weight excluding hydrogens is 505 g/mol. The SMILES string of the molecule is CCN(CC)c1ccc2c(c1)Oc1cccc(Nc3ccccc3C(F)(F)F)c1C21OC(=O)c2ccccc21. The Morgan fingerprint density at radius 2 is 1.54 bits per heavy atom. The number of carbonyl (C=O) groups excluding carboxylic acids is 1. The van der Waals surface area contributed by atoms with Crippen LogP contribution >= 0.6 is 0 Å². The molecule has 8 heteroatoms. The van der Waals surface area contributed by atoms with Gasteiger partial charge in [-0.1, -0.05) is 36.4 Å². The van der Waals surface area contributed by atoms with E-state index < -0.39 is 23.3 Å². The van der Waals surface area contributed by atoms with E-state index in [0.29, 0.717) is 39.4 Å². The summed E-state index contributed by atoms with van der Waals surface area (Å²) in [5, 5.41) is 2.98. The Balaban J connectivity index is 1.60. The zero-order valence-corrected chi connectivity index (χ0v) is 21.3. The number of esters is 1. The Morgan fingerprint density at radius 1 is 0.821 bits per heavy atom. The smallest absolute Gasteiger partial charge is 0.418 e. The molecule has 2 aliphatic heterocycles. The highest BCUT2D eigenvalue weighted by Crippen LogP contribution is 2.59. The Morgan fingerprint density at radius 3 is 2.31 bits per heavy atom. The van der Waals surface area contributed by atoms with Gasteiger partial charge in [0.2, 0.25) is 0 Å². The molecule has 5 nitrogen and oxygen atoms in total. The number of nitrogens with one attached hydrogen (secondary N) is 1. The van der Waals surface area contributed by atoms with Gasteiger partial charge in [0.15, 0.2) is 5.60 Å². The van der Waals surface area contributed by atoms with Gasteiger partial charge in [-0.25, -0.2) is 4.79 Å². The van der Waals surface area contributed by atoms with E-state index in [0.717, 1.165) is 24.8 Å². The number of rotatable bonds is 5. The molecule has 0 radical (unpaired) electrons. The average molecular weight is 531 g/mol. The first-order valence-corrected chi connectivity index (χ1v) is 12.7. The van der Waals surface area contributed by atoms with Crippen LogP contribution in [0.3, 0.4) is 0 Å². The molecule has 0 bridgehead atoms. The topological polar surface area (TPSA) is 50.8 Å². The van der Waals surface area contributed by atoms with Crippen LogP contribution in [0.1, 0.15) is 46.5 Å². The van der Waals surface area contributed by atoms with E-state index in [1.807, 2.05) is 30.3 Å². The summed E-state index contributed by atoms with van der Waals surface area (Å²) in [7, 11) is 0. The number of para-hydroxylation sites is 1. The van der Waals surface area contributed by atoms with Crippen molar-refractivity contribution in [2.24, 2.45) is 0 Å². The minimum absolute atomic E-state index is 0.117. The fourth-order valence-corrected chi connectivity index (χ4v) is 5.60. The van der Waals surface area contributed by atoms with Crippen molar-refractivity contribution in [3.63, 3.8) is 0 Å². The van der Waals surface area contributed by atoms with Gasteiger partial charge in [-0.3, -0.25) is 0 Å². The molecule has 39 heavy (non-hydrogen) atoms. The number of anilines is 3. The zero-order valence-electron chi connectivity index (χ0n) is 21.3. The minimum Gasteiger partial charge on any atom is -0.456 e. The lowest BCUT2D eigenvalue weighted by Gasteiger charge is -2.38. The lowest BCUT2D eigenvalue weighted by atomic mass is 9.76. The van der Waals surface area contributed by atoms with Crippen molar-refractivity contribution >= 4 is 23.0 Å². The Hall–Kier alpha value is -4.46. The van der Waals surface area contributed by atoms with Crippen LogP contribution in [0.25, 0.3) is 0 Å². The molecule has 4 aromatic carbocycles. The van der Waals surface area contributed by atoms with Crippen LogP contribution in [-0.4, -0.2) is 19.1 Å². The van der Waals surface area contributed by atoms with Gasteiger partial charge >= 0.3 is 12.1 Å². The normalized spacial score (nSPS) is 17.1. The fraction of sp³-hybridized carbons (Fsp3) is 0.194. The van der Waals surface area contributed by atoms with Crippen molar-refractivity contribution in [3.05, 3.63) is 113 Å². The quantitative estimate of drug-likeness (QED) is 0.266. The van der Waals surface area contributed by atoms with E-state index in [-0.39, 0.29) is 5.69 Å². The number of nitrogens with zero attached hydrogens (tertiary/aromatic N) is 1. The Kier molecular flexibility index (Phi) is 5.79. The van der Waals surface area contributed by atoms with Crippen LogP contribution < -0.4 is 15.0 Å². The highest BCUT2D eigenvalue weighted by Gasteiger charge is 2.54. The van der Waals surface area contributed by atoms with Gasteiger partial charge in [0.25, 0.3) is 0 Å². The van der Waals surface area contributed by atoms with Crippen LogP contribution in [0.2, 0.25) is 0 Å². The van der Waals surface area contributed by atoms with E-state index >= 15 is 0 Å². The van der Waals surface area contributed by atoms with Gasteiger partial charge in [-0.05, 0) is 56.3 Å². The minimum atomic E-state index is -4.56. The average Bonchev–Trinajstić information content (AvgIpc) is 3.21. The lowest BCUT2D eigenvalue weighted by Crippen LogP contribution is -2.34. The third kappa shape index (κ3) is 3.81. The molecule has 1 atom stereocenters. The summed E-state index contributed by atoms with van der Waals surface area (Å²) in [6, 6.07) is 23.2. The summed E-state index contributed by atoms with van der Waals surface area (Å²) >= 11 is 0. The predicted molar refractivity (Wildman–Crippen MR) is 143 cm³/mol. The standard InChI is InChI=1S/C31H25F3N2O3/c1-3-36(4-2)19-16-17-23-27(18-19)38-26-15-9-14-25(35-24-13-8-7-12-22(24)31(32,33)34)28(26)30(23)21-11-6-5-10-20(21)29(37)39-30/h5-18,35H,3-4H2,1-2H3. The van der Waals surface area contributed by atoms with E-state index in [1.54, 1.807) is 30.3 Å². The number of benzene rings is 4. The van der Waals surface area contributed by atoms with Crippen LogP contribution in [0.5, 0.6) is 11.5 Å². The first-order valence-electron chi connectivity index (χ1n) is 12.7. The molecule has 4 aromatic rings. The maximum Gasteiger partial charge on any atom is 0.418 e. The van der Waals surface area contributed by atoms with Crippen molar-refractivity contribution in [2.75, 3.05) is 23.3 Å². The molecule has 1 unspecified atom stereocenters. The second kappa shape index (κ2) is 9.08. The molecule has 198 valence electrons. The van der Waals surface area contributed by atoms with Crippen molar-refractivity contribution in [3.8, 4) is 11.5 Å². The molecule has 0 aromatic heterocycles. The molecule has 0 fully saturated rings. The summed E-state index contributed by atoms with van der Waals surface area (Å²) in [6.45, 7) is 5.71. The Labute approximate surface area is 223 Å². The number of alkyl halides is 3. The second-order valence-corrected chi connectivity index (χ2v) is 9.42. The second-order valence-electron chi connectivity index (χ2n) is 9.42. The fourth-order valence-electron chi connectivity index (χ4n) is 5.60. The number of hydrogen-bond donors (Lipinski definition) is 1. The van der Waals surface area contributed by atoms with Gasteiger partial charge < -0.3 is 19.7 Å². The number of hydrogen-bond acceptors (Lipinski definition) is 5. The summed E-state index contributed by atoms with van der Waals surface area (Å²) in [4.78, 5) is 15.4. The number of halogens is 3. The van der Waals surface area contributed by atoms with E-state index in [4.69, 9.17) is 9.47 Å². The van der Waals surface area contributed by atoms with Crippen molar-refractivity contribution in [2.45, 2.75) is 25.6 Å². The number of fused-ring (bicyclic) bond motifs is 6. The number of carbonyl (C=O) groups is 1. The molecular formula is C31H25F3N2O3. The van der Waals surface area contributed by atoms with Gasteiger partial charge in [0.05, 0.1) is 28.1 Å². The summed E-state index contributed by atoms with van der Waals surface area (Å²) in [5.41, 5.74) is 0.982. The third-order valence-corrected chi connectivity index (χ3v) is 7.35. The molecule has 1 spiro atoms. The molecule has 1 N–H and O–H groups in total. The van der Waals surface area contributed by atoms with Crippen molar-refractivity contribution < 1.29 is 27.4 Å². The summed E-state index contributed by atoms with van der Waals surface area (Å²) in [5.74, 6) is 0.394. The van der Waals surface area contributed by atoms with Crippen LogP contribution in [0, 0.1) is 0 Å². The highest BCUT2D eigenvalue weighted by atomic mass is 19.4. The van der Waals surface area contributed by atoms with Gasteiger partial charge in [-0.2, -0.15) is 13.2 Å². The number of ether oxygens (including phenoxy) is 2. The van der Waals surface area contributed by atoms with E-state index in [9.17, 15) is 18.0 Å². The van der Waals surface area contributed by atoms with Crippen molar-refractivity contribution in [1.82, 2.24) is 0 Å². The van der Waals surface area contributed by atoms with Gasteiger partial charge in [-0.15, -0.1) is 0 Å². The first kappa shape index (κ1) is 24.9. The van der Waals surface area contributed by atoms with E-state index in [1.165, 1.54) is 18.2 Å². The van der Waals surface area contributed by atoms with Gasteiger partial charge in [0, 0.05) is 36.0 Å². The van der Waals surface area contributed by atoms with Crippen LogP contribution in [0.15, 0.2) is 84.9 Å². The molecule has 0 amide bonds. The molecule has 2 aliphatic rings. The molecule has 6 rings (SSSR count). The monoisotopic (exact) mass is 530 g/mol. The highest BCUT2D eigenvalue weighted by molar-refractivity contribution is 5.97. The van der Waals surface area contributed by atoms with Crippen LogP contribution in [-0.2, 0) is 16.5 Å². The summed E-state index contributed by atoms with van der Waals surface area (Å²) in [6.07, 6.45) is -4.56. The zero-order chi connectivity index (χ0) is 27.4. The maximum atomic E-state index is 13.9. The maximum absolute atomic E-state index is 13.9. The third-order valence-electron chi connectivity index (χ3n) is 7.35. The Bertz CT molecular complexity index is 1600. The molecule has 0 saturated carbocycles. The molecule has 2 heterocycles. The van der Waals surface area contributed by atoms with E-state index in [2.05, 4.69) is 24.1 Å². The molecule has 0 aliphatic carbocycles. The molecule has 0 saturated heterocycles.